The third-order valence-electron chi connectivity index (χ3n) is 6.10. The van der Waals surface area contributed by atoms with Crippen LogP contribution < -0.4 is 5.32 Å². The van der Waals surface area contributed by atoms with Gasteiger partial charge in [0.15, 0.2) is 11.3 Å². The van der Waals surface area contributed by atoms with Crippen molar-refractivity contribution in [2.45, 2.75) is 45.6 Å². The zero-order chi connectivity index (χ0) is 22.3. The van der Waals surface area contributed by atoms with Gasteiger partial charge in [0.05, 0.1) is 5.69 Å². The molecule has 1 aliphatic rings. The molecule has 0 radical (unpaired) electrons. The number of carbonyl (C=O) groups excluding carboxylic acids is 2. The maximum Gasteiger partial charge on any atom is 0.290 e. The first-order valence-corrected chi connectivity index (χ1v) is 10.5. The molecule has 4 rings (SSSR count). The van der Waals surface area contributed by atoms with E-state index >= 15 is 0 Å². The fraction of sp³-hybridized carbons (Fsp3) is 0.375. The number of nitrogens with zero attached hydrogens (tertiary/aromatic N) is 2. The fourth-order valence-electron chi connectivity index (χ4n) is 3.89. The molecular formula is C24H26FN3O3. The second kappa shape index (κ2) is 7.80. The van der Waals surface area contributed by atoms with Crippen LogP contribution in [-0.2, 0) is 4.79 Å². The van der Waals surface area contributed by atoms with Crippen LogP contribution in [0.5, 0.6) is 0 Å². The highest BCUT2D eigenvalue weighted by molar-refractivity contribution is 6.00. The molecule has 1 aromatic carbocycles. The third kappa shape index (κ3) is 3.69. The second-order valence-corrected chi connectivity index (χ2v) is 8.51. The molecule has 2 aromatic heterocycles. The van der Waals surface area contributed by atoms with Gasteiger partial charge >= 0.3 is 0 Å². The standard InChI is InChI=1S/C24H26FN3O3/c1-5-14(2)17-12-18(15-6-8-16(25)9-7-15)27-19-13-20(31-21(17)19)22(29)28-11-10-26-23(30)24(28,3)4/h6-9,12-14H,5,10-11H2,1-4H3,(H,26,30)/t14-/m1/s1. The van der Waals surface area contributed by atoms with Crippen molar-refractivity contribution < 1.29 is 18.4 Å². The molecule has 0 spiro atoms. The number of nitrogens with one attached hydrogen (secondary N) is 1. The molecule has 0 aliphatic carbocycles. The van der Waals surface area contributed by atoms with Crippen molar-refractivity contribution >= 4 is 22.9 Å². The molecule has 3 aromatic rings. The number of fused-ring (bicyclic) bond motifs is 1. The molecule has 6 nitrogen and oxygen atoms in total. The Kier molecular flexibility index (Phi) is 5.29. The van der Waals surface area contributed by atoms with E-state index in [0.29, 0.717) is 29.9 Å². The van der Waals surface area contributed by atoms with Crippen LogP contribution in [0.4, 0.5) is 4.39 Å². The number of hydrogen-bond acceptors (Lipinski definition) is 4. The van der Waals surface area contributed by atoms with Gasteiger partial charge in [-0.1, -0.05) is 13.8 Å². The molecule has 2 amide bonds. The minimum Gasteiger partial charge on any atom is -0.449 e. The van der Waals surface area contributed by atoms with Crippen LogP contribution in [0.15, 0.2) is 40.8 Å². The summed E-state index contributed by atoms with van der Waals surface area (Å²) >= 11 is 0. The predicted octanol–water partition coefficient (Wildman–Crippen LogP) is 4.50. The summed E-state index contributed by atoms with van der Waals surface area (Å²) in [4.78, 5) is 31.7. The quantitative estimate of drug-likeness (QED) is 0.671. The van der Waals surface area contributed by atoms with Crippen molar-refractivity contribution in [1.29, 1.82) is 0 Å². The van der Waals surface area contributed by atoms with Crippen LogP contribution in [0.3, 0.4) is 0 Å². The smallest absolute Gasteiger partial charge is 0.290 e. The fourth-order valence-corrected chi connectivity index (χ4v) is 3.89. The number of pyridine rings is 1. The number of halogens is 1. The van der Waals surface area contributed by atoms with Crippen LogP contribution >= 0.6 is 0 Å². The number of hydrogen-bond donors (Lipinski definition) is 1. The third-order valence-corrected chi connectivity index (χ3v) is 6.10. The Morgan fingerprint density at radius 1 is 1.29 bits per heavy atom. The van der Waals surface area contributed by atoms with E-state index in [0.717, 1.165) is 17.5 Å². The van der Waals surface area contributed by atoms with Gasteiger partial charge in [0.1, 0.15) is 16.9 Å². The maximum absolute atomic E-state index is 13.4. The zero-order valence-electron chi connectivity index (χ0n) is 18.2. The summed E-state index contributed by atoms with van der Waals surface area (Å²) in [5.74, 6) is -0.505. The Morgan fingerprint density at radius 3 is 2.68 bits per heavy atom. The van der Waals surface area contributed by atoms with Gasteiger partial charge in [-0.2, -0.15) is 0 Å². The molecule has 162 valence electrons. The van der Waals surface area contributed by atoms with Crippen LogP contribution in [0.1, 0.15) is 56.2 Å². The van der Waals surface area contributed by atoms with Gasteiger partial charge in [0.2, 0.25) is 5.91 Å². The Labute approximate surface area is 180 Å². The van der Waals surface area contributed by atoms with E-state index in [1.165, 1.54) is 17.0 Å². The van der Waals surface area contributed by atoms with E-state index in [-0.39, 0.29) is 29.3 Å². The average molecular weight is 423 g/mol. The van der Waals surface area contributed by atoms with Gasteiger partial charge in [0.25, 0.3) is 5.91 Å². The van der Waals surface area contributed by atoms with E-state index in [9.17, 15) is 14.0 Å². The minimum atomic E-state index is -0.972. The van der Waals surface area contributed by atoms with Crippen LogP contribution in [-0.4, -0.2) is 40.3 Å². The highest BCUT2D eigenvalue weighted by atomic mass is 19.1. The number of furan rings is 1. The van der Waals surface area contributed by atoms with Gasteiger partial charge in [-0.25, -0.2) is 9.37 Å². The monoisotopic (exact) mass is 423 g/mol. The molecule has 7 heteroatoms. The van der Waals surface area contributed by atoms with Crippen LogP contribution in [0, 0.1) is 5.82 Å². The summed E-state index contributed by atoms with van der Waals surface area (Å²) in [5, 5.41) is 2.79. The van der Waals surface area contributed by atoms with Crippen molar-refractivity contribution in [2.75, 3.05) is 13.1 Å². The maximum atomic E-state index is 13.4. The van der Waals surface area contributed by atoms with Crippen molar-refractivity contribution in [1.82, 2.24) is 15.2 Å². The Balaban J connectivity index is 1.81. The highest BCUT2D eigenvalue weighted by Crippen LogP contribution is 2.34. The number of carbonyl (C=O) groups is 2. The Bertz CT molecular complexity index is 1150. The predicted molar refractivity (Wildman–Crippen MR) is 116 cm³/mol. The van der Waals surface area contributed by atoms with Gasteiger partial charge in [0, 0.05) is 30.3 Å². The number of benzene rings is 1. The minimum absolute atomic E-state index is 0.158. The molecule has 31 heavy (non-hydrogen) atoms. The number of amides is 2. The molecule has 1 atom stereocenters. The summed E-state index contributed by atoms with van der Waals surface area (Å²) in [7, 11) is 0. The molecular weight excluding hydrogens is 397 g/mol. The SMILES string of the molecule is CC[C@@H](C)c1cc(-c2ccc(F)cc2)nc2cc(C(=O)N3CCNC(=O)C3(C)C)oc12. The van der Waals surface area contributed by atoms with Gasteiger partial charge in [-0.05, 0) is 56.5 Å². The van der Waals surface area contributed by atoms with E-state index in [1.54, 1.807) is 32.0 Å². The van der Waals surface area contributed by atoms with Crippen molar-refractivity contribution in [3.05, 3.63) is 53.5 Å². The molecule has 3 heterocycles. The van der Waals surface area contributed by atoms with E-state index < -0.39 is 5.54 Å². The summed E-state index contributed by atoms with van der Waals surface area (Å²) < 4.78 is 19.4. The van der Waals surface area contributed by atoms with Crippen molar-refractivity contribution in [3.8, 4) is 11.3 Å². The van der Waals surface area contributed by atoms with Gasteiger partial charge < -0.3 is 14.6 Å². The Morgan fingerprint density at radius 2 is 2.00 bits per heavy atom. The second-order valence-electron chi connectivity index (χ2n) is 8.51. The lowest BCUT2D eigenvalue weighted by molar-refractivity contribution is -0.133. The van der Waals surface area contributed by atoms with Crippen LogP contribution in [0.25, 0.3) is 22.4 Å². The van der Waals surface area contributed by atoms with Gasteiger partial charge in [-0.15, -0.1) is 0 Å². The first-order chi connectivity index (χ1) is 14.7. The zero-order valence-corrected chi connectivity index (χ0v) is 18.2. The summed E-state index contributed by atoms with van der Waals surface area (Å²) in [5.41, 5.74) is 2.60. The summed E-state index contributed by atoms with van der Waals surface area (Å²) in [6, 6.07) is 9.75. The first kappa shape index (κ1) is 21.0. The molecule has 0 bridgehead atoms. The summed E-state index contributed by atoms with van der Waals surface area (Å²) in [6.07, 6.45) is 0.880. The molecule has 0 saturated carbocycles. The summed E-state index contributed by atoms with van der Waals surface area (Å²) in [6.45, 7) is 8.42. The molecule has 1 saturated heterocycles. The first-order valence-electron chi connectivity index (χ1n) is 10.5. The number of aromatic nitrogens is 1. The van der Waals surface area contributed by atoms with Crippen molar-refractivity contribution in [3.63, 3.8) is 0 Å². The van der Waals surface area contributed by atoms with Crippen LogP contribution in [0.2, 0.25) is 0 Å². The highest BCUT2D eigenvalue weighted by Gasteiger charge is 2.41. The lowest BCUT2D eigenvalue weighted by Gasteiger charge is -2.40. The number of rotatable bonds is 4. The Hall–Kier alpha value is -3.22. The molecule has 1 N–H and O–H groups in total. The molecule has 0 unspecified atom stereocenters. The average Bonchev–Trinajstić information content (AvgIpc) is 3.18. The van der Waals surface area contributed by atoms with Gasteiger partial charge in [-0.3, -0.25) is 9.59 Å². The lowest BCUT2D eigenvalue weighted by Crippen LogP contribution is -2.63. The molecule has 1 fully saturated rings. The topological polar surface area (TPSA) is 75.4 Å². The van der Waals surface area contributed by atoms with E-state index in [1.807, 2.05) is 6.07 Å². The number of piperazine rings is 1. The van der Waals surface area contributed by atoms with E-state index in [2.05, 4.69) is 24.1 Å². The van der Waals surface area contributed by atoms with E-state index in [4.69, 9.17) is 4.42 Å². The van der Waals surface area contributed by atoms with Crippen molar-refractivity contribution in [2.24, 2.45) is 0 Å². The largest absolute Gasteiger partial charge is 0.449 e. The normalized spacial score (nSPS) is 16.9. The molecule has 1 aliphatic heterocycles. The lowest BCUT2D eigenvalue weighted by atomic mass is 9.96.